The first-order valence-corrected chi connectivity index (χ1v) is 4.41. The summed E-state index contributed by atoms with van der Waals surface area (Å²) in [6.45, 7) is 2.45. The summed E-state index contributed by atoms with van der Waals surface area (Å²) in [5.74, 6) is 0.704. The Bertz CT molecular complexity index is 295. The van der Waals surface area contributed by atoms with Gasteiger partial charge in [0.2, 0.25) is 5.91 Å². The van der Waals surface area contributed by atoms with Gasteiger partial charge in [0, 0.05) is 12.6 Å². The van der Waals surface area contributed by atoms with Crippen LogP contribution in [-0.4, -0.2) is 19.1 Å². The number of nitrogens with two attached hydrogens (primary N) is 1. The van der Waals surface area contributed by atoms with E-state index in [0.29, 0.717) is 18.8 Å². The molecule has 14 heavy (non-hydrogen) atoms. The normalized spacial score (nSPS) is 9.50. The zero-order valence-electron chi connectivity index (χ0n) is 8.12. The molecule has 1 amide bonds. The summed E-state index contributed by atoms with van der Waals surface area (Å²) in [5.41, 5.74) is 6.22. The van der Waals surface area contributed by atoms with Crippen molar-refractivity contribution in [3.05, 3.63) is 24.3 Å². The van der Waals surface area contributed by atoms with Gasteiger partial charge in [0.1, 0.15) is 12.4 Å². The molecule has 0 aliphatic heterocycles. The van der Waals surface area contributed by atoms with Gasteiger partial charge >= 0.3 is 0 Å². The van der Waals surface area contributed by atoms with Gasteiger partial charge in [-0.25, -0.2) is 0 Å². The fourth-order valence-corrected chi connectivity index (χ4v) is 0.960. The number of carbonyl (C=O) groups excluding carboxylic acids is 1. The highest BCUT2D eigenvalue weighted by Gasteiger charge is 1.93. The summed E-state index contributed by atoms with van der Waals surface area (Å²) >= 11 is 0. The molecule has 1 rings (SSSR count). The molecule has 0 fully saturated rings. The number of benzene rings is 1. The minimum absolute atomic E-state index is 0.0501. The van der Waals surface area contributed by atoms with Crippen molar-refractivity contribution in [3.8, 4) is 5.75 Å². The number of ether oxygens (including phenoxy) is 1. The molecule has 0 unspecified atom stereocenters. The molecule has 76 valence electrons. The van der Waals surface area contributed by atoms with E-state index >= 15 is 0 Å². The lowest BCUT2D eigenvalue weighted by Gasteiger charge is -2.06. The monoisotopic (exact) mass is 194 g/mol. The fourth-order valence-electron chi connectivity index (χ4n) is 0.960. The van der Waals surface area contributed by atoms with Gasteiger partial charge < -0.3 is 15.8 Å². The highest BCUT2D eigenvalue weighted by atomic mass is 16.5. The Kier molecular flexibility index (Phi) is 3.79. The van der Waals surface area contributed by atoms with Crippen LogP contribution in [0.15, 0.2) is 24.3 Å². The maximum Gasteiger partial charge on any atom is 0.216 e. The van der Waals surface area contributed by atoms with Crippen molar-refractivity contribution in [2.75, 3.05) is 18.9 Å². The first-order chi connectivity index (χ1) is 6.68. The van der Waals surface area contributed by atoms with E-state index in [2.05, 4.69) is 5.32 Å². The topological polar surface area (TPSA) is 64.3 Å². The van der Waals surface area contributed by atoms with Crippen molar-refractivity contribution in [2.45, 2.75) is 6.92 Å². The quantitative estimate of drug-likeness (QED) is 0.550. The third-order valence-corrected chi connectivity index (χ3v) is 1.62. The molecule has 0 saturated heterocycles. The predicted molar refractivity (Wildman–Crippen MR) is 55.0 cm³/mol. The maximum atomic E-state index is 10.5. The molecular weight excluding hydrogens is 180 g/mol. The largest absolute Gasteiger partial charge is 0.492 e. The molecule has 4 nitrogen and oxygen atoms in total. The van der Waals surface area contributed by atoms with Gasteiger partial charge in [-0.15, -0.1) is 0 Å². The Morgan fingerprint density at radius 3 is 2.64 bits per heavy atom. The maximum absolute atomic E-state index is 10.5. The zero-order valence-corrected chi connectivity index (χ0v) is 8.12. The van der Waals surface area contributed by atoms with E-state index in [9.17, 15) is 4.79 Å². The first-order valence-electron chi connectivity index (χ1n) is 4.41. The van der Waals surface area contributed by atoms with Crippen LogP contribution in [0.25, 0.3) is 0 Å². The van der Waals surface area contributed by atoms with Crippen LogP contribution >= 0.6 is 0 Å². The highest BCUT2D eigenvalue weighted by molar-refractivity contribution is 5.72. The van der Waals surface area contributed by atoms with Crippen molar-refractivity contribution >= 4 is 11.6 Å². The van der Waals surface area contributed by atoms with Crippen molar-refractivity contribution in [1.29, 1.82) is 0 Å². The van der Waals surface area contributed by atoms with Crippen molar-refractivity contribution in [1.82, 2.24) is 5.32 Å². The standard InChI is InChI=1S/C10H14N2O2/c1-8(13)12-6-7-14-10-4-2-9(11)3-5-10/h2-5H,6-7,11H2,1H3,(H,12,13). The summed E-state index contributed by atoms with van der Waals surface area (Å²) in [4.78, 5) is 10.5. The molecule has 0 atom stereocenters. The molecule has 1 aromatic rings. The van der Waals surface area contributed by atoms with Crippen LogP contribution < -0.4 is 15.8 Å². The number of nitrogen functional groups attached to an aromatic ring is 1. The summed E-state index contributed by atoms with van der Waals surface area (Å²) < 4.78 is 5.34. The Morgan fingerprint density at radius 1 is 1.43 bits per heavy atom. The molecule has 3 N–H and O–H groups in total. The number of rotatable bonds is 4. The van der Waals surface area contributed by atoms with E-state index in [0.717, 1.165) is 5.75 Å². The van der Waals surface area contributed by atoms with Gasteiger partial charge in [-0.1, -0.05) is 0 Å². The van der Waals surface area contributed by atoms with Crippen molar-refractivity contribution in [2.24, 2.45) is 0 Å². The molecule has 0 radical (unpaired) electrons. The molecule has 0 aliphatic rings. The van der Waals surface area contributed by atoms with Gasteiger partial charge in [0.15, 0.2) is 0 Å². The van der Waals surface area contributed by atoms with E-state index in [1.165, 1.54) is 6.92 Å². The number of nitrogens with one attached hydrogen (secondary N) is 1. The average molecular weight is 194 g/mol. The summed E-state index contributed by atoms with van der Waals surface area (Å²) in [5, 5.41) is 2.64. The number of hydrogen-bond donors (Lipinski definition) is 2. The van der Waals surface area contributed by atoms with Gasteiger partial charge in [0.05, 0.1) is 6.54 Å². The minimum Gasteiger partial charge on any atom is -0.492 e. The number of carbonyl (C=O) groups is 1. The SMILES string of the molecule is CC(=O)NCCOc1ccc(N)cc1. The summed E-state index contributed by atoms with van der Waals surface area (Å²) in [6.07, 6.45) is 0. The molecule has 0 aromatic heterocycles. The second-order valence-electron chi connectivity index (χ2n) is 2.90. The lowest BCUT2D eigenvalue weighted by molar-refractivity contribution is -0.119. The van der Waals surface area contributed by atoms with Crippen molar-refractivity contribution < 1.29 is 9.53 Å². The van der Waals surface area contributed by atoms with Crippen LogP contribution in [0, 0.1) is 0 Å². The third-order valence-electron chi connectivity index (χ3n) is 1.62. The van der Waals surface area contributed by atoms with E-state index in [1.807, 2.05) is 0 Å². The lowest BCUT2D eigenvalue weighted by atomic mass is 10.3. The Labute approximate surface area is 83.1 Å². The van der Waals surface area contributed by atoms with Gasteiger partial charge in [-0.3, -0.25) is 4.79 Å². The van der Waals surface area contributed by atoms with Gasteiger partial charge in [-0.05, 0) is 24.3 Å². The van der Waals surface area contributed by atoms with Crippen LogP contribution in [0.1, 0.15) is 6.92 Å². The molecule has 0 saturated carbocycles. The Balaban J connectivity index is 2.25. The molecule has 0 bridgehead atoms. The molecule has 1 aromatic carbocycles. The summed E-state index contributed by atoms with van der Waals surface area (Å²) in [7, 11) is 0. The van der Waals surface area contributed by atoms with Crippen LogP contribution in [0.2, 0.25) is 0 Å². The molecular formula is C10H14N2O2. The van der Waals surface area contributed by atoms with Gasteiger partial charge in [-0.2, -0.15) is 0 Å². The van der Waals surface area contributed by atoms with Crippen LogP contribution in [-0.2, 0) is 4.79 Å². The highest BCUT2D eigenvalue weighted by Crippen LogP contribution is 2.12. The predicted octanol–water partition coefficient (Wildman–Crippen LogP) is 0.784. The molecule has 0 heterocycles. The number of hydrogen-bond acceptors (Lipinski definition) is 3. The average Bonchev–Trinajstić information content (AvgIpc) is 2.15. The van der Waals surface area contributed by atoms with E-state index in [-0.39, 0.29) is 5.91 Å². The molecule has 0 spiro atoms. The van der Waals surface area contributed by atoms with E-state index in [4.69, 9.17) is 10.5 Å². The fraction of sp³-hybridized carbons (Fsp3) is 0.300. The van der Waals surface area contributed by atoms with Gasteiger partial charge in [0.25, 0.3) is 0 Å². The Hall–Kier alpha value is -1.71. The van der Waals surface area contributed by atoms with E-state index in [1.54, 1.807) is 24.3 Å². The summed E-state index contributed by atoms with van der Waals surface area (Å²) in [6, 6.07) is 7.13. The second-order valence-corrected chi connectivity index (χ2v) is 2.90. The second kappa shape index (κ2) is 5.11. The molecule has 0 aliphatic carbocycles. The molecule has 4 heteroatoms. The first kappa shape index (κ1) is 10.4. The smallest absolute Gasteiger partial charge is 0.216 e. The number of amides is 1. The number of anilines is 1. The lowest BCUT2D eigenvalue weighted by Crippen LogP contribution is -2.25. The van der Waals surface area contributed by atoms with E-state index < -0.39 is 0 Å². The third kappa shape index (κ3) is 3.80. The van der Waals surface area contributed by atoms with Crippen LogP contribution in [0.5, 0.6) is 5.75 Å². The van der Waals surface area contributed by atoms with Crippen LogP contribution in [0.4, 0.5) is 5.69 Å². The minimum atomic E-state index is -0.0501. The Morgan fingerprint density at radius 2 is 2.07 bits per heavy atom. The van der Waals surface area contributed by atoms with Crippen molar-refractivity contribution in [3.63, 3.8) is 0 Å². The zero-order chi connectivity index (χ0) is 10.4. The van der Waals surface area contributed by atoms with Crippen LogP contribution in [0.3, 0.4) is 0 Å².